The molecule has 1 aliphatic rings. The quantitative estimate of drug-likeness (QED) is 0.605. The van der Waals surface area contributed by atoms with Crippen LogP contribution in [0.1, 0.15) is 10.4 Å². The maximum atomic E-state index is 12.4. The maximum Gasteiger partial charge on any atom is 0.328 e. The summed E-state index contributed by atoms with van der Waals surface area (Å²) in [5.74, 6) is -1.60. The van der Waals surface area contributed by atoms with Crippen LogP contribution in [0.15, 0.2) is 15.8 Å². The minimum atomic E-state index is -3.53. The molecule has 1 saturated heterocycles. The monoisotopic (exact) mass is 360 g/mol. The lowest BCUT2D eigenvalue weighted by Crippen LogP contribution is -2.38. The van der Waals surface area contributed by atoms with Gasteiger partial charge in [0, 0.05) is 46.3 Å². The topological polar surface area (TPSA) is 133 Å². The molecule has 0 bridgehead atoms. The lowest BCUT2D eigenvalue weighted by molar-refractivity contribution is 0.0762. The minimum absolute atomic E-state index is 0.00928. The van der Waals surface area contributed by atoms with Gasteiger partial charge in [-0.1, -0.05) is 0 Å². The van der Waals surface area contributed by atoms with Gasteiger partial charge in [-0.25, -0.2) is 17.5 Å². The number of amides is 1. The Hall–Kier alpha value is -1.98. The van der Waals surface area contributed by atoms with Crippen LogP contribution in [0.5, 0.6) is 0 Å². The number of hydrogen-bond donors (Lipinski definition) is 2. The molecule has 0 aromatic carbocycles. The van der Waals surface area contributed by atoms with Crippen molar-refractivity contribution in [2.75, 3.05) is 32.9 Å². The van der Waals surface area contributed by atoms with Gasteiger partial charge in [-0.15, -0.1) is 0 Å². The first-order valence-electron chi connectivity index (χ1n) is 7.20. The summed E-state index contributed by atoms with van der Waals surface area (Å²) in [5.41, 5.74) is -1.70. The van der Waals surface area contributed by atoms with E-state index < -0.39 is 39.2 Å². The molecule has 2 N–H and O–H groups in total. The molecule has 10 nitrogen and oxygen atoms in total. The molecule has 1 fully saturated rings. The Morgan fingerprint density at radius 1 is 1.38 bits per heavy atom. The fourth-order valence-corrected chi connectivity index (χ4v) is 3.66. The van der Waals surface area contributed by atoms with Crippen LogP contribution in [0.25, 0.3) is 0 Å². The zero-order valence-electron chi connectivity index (χ0n) is 13.6. The largest absolute Gasteiger partial charge is 0.391 e. The third-order valence-electron chi connectivity index (χ3n) is 4.01. The molecule has 1 aromatic heterocycles. The lowest BCUT2D eigenvalue weighted by atomic mass is 10.1. The Balaban J connectivity index is 2.21. The second kappa shape index (κ2) is 6.49. The second-order valence-corrected chi connectivity index (χ2v) is 8.24. The van der Waals surface area contributed by atoms with Crippen molar-refractivity contribution in [3.8, 4) is 0 Å². The van der Waals surface area contributed by atoms with E-state index in [-0.39, 0.29) is 24.4 Å². The van der Waals surface area contributed by atoms with Crippen LogP contribution in [0.3, 0.4) is 0 Å². The summed E-state index contributed by atoms with van der Waals surface area (Å²) in [4.78, 5) is 38.8. The normalized spacial score (nSPS) is 21.5. The number of likely N-dealkylation sites (tertiary alicyclic amines) is 1. The van der Waals surface area contributed by atoms with Crippen molar-refractivity contribution < 1.29 is 18.3 Å². The molecular formula is C13H20N4O6S. The van der Waals surface area contributed by atoms with E-state index in [4.69, 9.17) is 0 Å². The summed E-state index contributed by atoms with van der Waals surface area (Å²) >= 11 is 0. The summed E-state index contributed by atoms with van der Waals surface area (Å²) in [7, 11) is 0.647. The van der Waals surface area contributed by atoms with E-state index >= 15 is 0 Å². The first-order chi connectivity index (χ1) is 11.0. The van der Waals surface area contributed by atoms with Gasteiger partial charge in [0.1, 0.15) is 5.56 Å². The highest BCUT2D eigenvalue weighted by atomic mass is 32.2. The minimum Gasteiger partial charge on any atom is -0.391 e. The van der Waals surface area contributed by atoms with Crippen LogP contribution in [0, 0.1) is 5.92 Å². The Bertz CT molecular complexity index is 856. The van der Waals surface area contributed by atoms with Gasteiger partial charge in [-0.3, -0.25) is 14.6 Å². The average molecular weight is 360 g/mol. The third-order valence-corrected chi connectivity index (χ3v) is 5.98. The van der Waals surface area contributed by atoms with Gasteiger partial charge in [0.15, 0.2) is 0 Å². The first kappa shape index (κ1) is 18.4. The van der Waals surface area contributed by atoms with Crippen LogP contribution in [-0.4, -0.2) is 77.2 Å². The highest BCUT2D eigenvalue weighted by Crippen LogP contribution is 2.21. The van der Waals surface area contributed by atoms with Crippen molar-refractivity contribution in [2.45, 2.75) is 6.10 Å². The zero-order valence-corrected chi connectivity index (χ0v) is 14.4. The standard InChI is InChI=1S/C13H20N4O6S/c1-15(2)24(22,23)7-8-4-17(6-10(8)18)12(20)9-5-16(3)13(21)14-11(9)19/h5,8,10,18H,4,6-7H2,1-3H3,(H,14,19,21)/t8-,10-/m0/s1. The highest BCUT2D eigenvalue weighted by Gasteiger charge is 2.38. The van der Waals surface area contributed by atoms with Crippen molar-refractivity contribution in [3.05, 3.63) is 32.6 Å². The van der Waals surface area contributed by atoms with E-state index in [1.807, 2.05) is 4.98 Å². The Morgan fingerprint density at radius 2 is 2.00 bits per heavy atom. The van der Waals surface area contributed by atoms with Crippen molar-refractivity contribution in [1.29, 1.82) is 0 Å². The molecule has 0 aliphatic carbocycles. The number of rotatable bonds is 4. The number of aromatic nitrogens is 2. The summed E-state index contributed by atoms with van der Waals surface area (Å²) in [6, 6.07) is 0. The number of carbonyl (C=O) groups excluding carboxylic acids is 1. The molecule has 1 amide bonds. The number of carbonyl (C=O) groups is 1. The summed E-state index contributed by atoms with van der Waals surface area (Å²) in [6.45, 7) is -0.0654. The fraction of sp³-hybridized carbons (Fsp3) is 0.615. The molecule has 0 saturated carbocycles. The van der Waals surface area contributed by atoms with E-state index in [0.29, 0.717) is 0 Å². The number of β-amino-alcohol motifs (C(OH)–C–C–N with tert-alkyl or cyclic N) is 1. The SMILES string of the molecule is CN(C)S(=O)(=O)C[C@@H]1CN(C(=O)c2cn(C)c(=O)[nH]c2=O)C[C@@H]1O. The molecule has 1 aromatic rings. The van der Waals surface area contributed by atoms with Crippen LogP contribution in [-0.2, 0) is 17.1 Å². The molecular weight excluding hydrogens is 340 g/mol. The van der Waals surface area contributed by atoms with Crippen molar-refractivity contribution in [1.82, 2.24) is 18.8 Å². The number of hydrogen-bond acceptors (Lipinski definition) is 6. The van der Waals surface area contributed by atoms with E-state index in [2.05, 4.69) is 0 Å². The number of nitrogens with one attached hydrogen (secondary N) is 1. The van der Waals surface area contributed by atoms with Gasteiger partial charge >= 0.3 is 5.69 Å². The third kappa shape index (κ3) is 3.57. The summed E-state index contributed by atoms with van der Waals surface area (Å²) in [5, 5.41) is 10.1. The summed E-state index contributed by atoms with van der Waals surface area (Å²) in [6.07, 6.45) is 0.120. The molecule has 1 aliphatic heterocycles. The number of H-pyrrole nitrogens is 1. The zero-order chi connectivity index (χ0) is 18.2. The van der Waals surface area contributed by atoms with Crippen LogP contribution in [0.2, 0.25) is 0 Å². The number of aliphatic hydroxyl groups is 1. The molecule has 2 atom stereocenters. The molecule has 2 rings (SSSR count). The molecule has 24 heavy (non-hydrogen) atoms. The maximum absolute atomic E-state index is 12.4. The Labute approximate surface area is 138 Å². The van der Waals surface area contributed by atoms with E-state index in [1.165, 1.54) is 26.0 Å². The van der Waals surface area contributed by atoms with Gasteiger partial charge in [0.25, 0.3) is 11.5 Å². The van der Waals surface area contributed by atoms with Crippen LogP contribution >= 0.6 is 0 Å². The lowest BCUT2D eigenvalue weighted by Gasteiger charge is -2.18. The van der Waals surface area contributed by atoms with Crippen molar-refractivity contribution in [3.63, 3.8) is 0 Å². The molecule has 134 valence electrons. The number of aryl methyl sites for hydroxylation is 1. The Morgan fingerprint density at radius 3 is 2.58 bits per heavy atom. The van der Waals surface area contributed by atoms with Crippen LogP contribution in [0.4, 0.5) is 0 Å². The predicted molar refractivity (Wildman–Crippen MR) is 85.2 cm³/mol. The van der Waals surface area contributed by atoms with E-state index in [1.54, 1.807) is 0 Å². The highest BCUT2D eigenvalue weighted by molar-refractivity contribution is 7.89. The Kier molecular flexibility index (Phi) is 4.97. The van der Waals surface area contributed by atoms with E-state index in [9.17, 15) is 27.9 Å². The van der Waals surface area contributed by atoms with Crippen molar-refractivity contribution in [2.24, 2.45) is 13.0 Å². The molecule has 0 unspecified atom stereocenters. The fourth-order valence-electron chi connectivity index (χ4n) is 2.49. The number of nitrogens with zero attached hydrogens (tertiary/aromatic N) is 3. The van der Waals surface area contributed by atoms with Gasteiger partial charge in [-0.2, -0.15) is 0 Å². The van der Waals surface area contributed by atoms with Gasteiger partial charge in [0.2, 0.25) is 10.0 Å². The first-order valence-corrected chi connectivity index (χ1v) is 8.81. The predicted octanol–water partition coefficient (Wildman–Crippen LogP) is -2.60. The van der Waals surface area contributed by atoms with Gasteiger partial charge in [0.05, 0.1) is 11.9 Å². The number of aromatic amines is 1. The van der Waals surface area contributed by atoms with Gasteiger partial charge in [-0.05, 0) is 0 Å². The molecule has 11 heteroatoms. The molecule has 2 heterocycles. The molecule has 0 spiro atoms. The smallest absolute Gasteiger partial charge is 0.328 e. The summed E-state index contributed by atoms with van der Waals surface area (Å²) < 4.78 is 26.0. The average Bonchev–Trinajstić information content (AvgIpc) is 2.82. The van der Waals surface area contributed by atoms with Crippen molar-refractivity contribution >= 4 is 15.9 Å². The van der Waals surface area contributed by atoms with Gasteiger partial charge < -0.3 is 14.6 Å². The molecule has 0 radical (unpaired) electrons. The number of sulfonamides is 1. The van der Waals surface area contributed by atoms with E-state index in [0.717, 1.165) is 15.1 Å². The van der Waals surface area contributed by atoms with Crippen LogP contribution < -0.4 is 11.2 Å². The second-order valence-electron chi connectivity index (χ2n) is 6.01. The number of aliphatic hydroxyl groups excluding tert-OH is 1.